The predicted molar refractivity (Wildman–Crippen MR) is 163 cm³/mol. The lowest BCUT2D eigenvalue weighted by molar-refractivity contribution is -0.126. The number of nitrogens with one attached hydrogen (secondary N) is 2. The van der Waals surface area contributed by atoms with Crippen LogP contribution in [-0.2, 0) is 4.79 Å². The maximum Gasteiger partial charge on any atom is 0.295 e. The van der Waals surface area contributed by atoms with Crippen LogP contribution in [0.2, 0.25) is 0 Å². The maximum atomic E-state index is 13.6. The number of ketones is 1. The Morgan fingerprint density at radius 1 is 0.909 bits per heavy atom. The minimum atomic E-state index is -0.604. The lowest BCUT2D eigenvalue weighted by Crippen LogP contribution is -2.51. The SMILES string of the molecule is COc1cnc(-c2ccc(N3CCNCC3)cc2)c2[nH]cc(C(=O)C(=O)N3CCN(c4nnnn4-c4ccccn4)CC3)c12. The van der Waals surface area contributed by atoms with Gasteiger partial charge in [0.15, 0.2) is 5.82 Å². The smallest absolute Gasteiger partial charge is 0.295 e. The van der Waals surface area contributed by atoms with Gasteiger partial charge in [-0.2, -0.15) is 4.68 Å². The monoisotopic (exact) mass is 593 g/mol. The van der Waals surface area contributed by atoms with Gasteiger partial charge in [-0.1, -0.05) is 23.3 Å². The summed E-state index contributed by atoms with van der Waals surface area (Å²) in [5.74, 6) is 0.372. The first-order valence-corrected chi connectivity index (χ1v) is 14.5. The standard InChI is InChI=1S/C30H31N11O3/c1-44-23-19-34-26(20-5-7-21(8-6-20)38-12-10-31-11-13-38)27-25(23)22(18-33-27)28(42)29(43)39-14-16-40(17-15-39)30-35-36-37-41(30)24-4-2-3-9-32-24/h2-9,18-19,31,33H,10-17H2,1H3. The van der Waals surface area contributed by atoms with Gasteiger partial charge in [-0.25, -0.2) is 4.98 Å². The number of nitrogens with zero attached hydrogens (tertiary/aromatic N) is 9. The number of anilines is 2. The third-order valence-electron chi connectivity index (χ3n) is 8.13. The molecule has 0 saturated carbocycles. The molecular weight excluding hydrogens is 562 g/mol. The van der Waals surface area contributed by atoms with Gasteiger partial charge in [-0.05, 0) is 34.7 Å². The van der Waals surface area contributed by atoms with E-state index in [1.165, 1.54) is 7.11 Å². The summed E-state index contributed by atoms with van der Waals surface area (Å²) in [5, 5.41) is 16.0. The number of hydrogen-bond donors (Lipinski definition) is 2. The first-order chi connectivity index (χ1) is 21.6. The summed E-state index contributed by atoms with van der Waals surface area (Å²) in [6.07, 6.45) is 4.85. The molecule has 0 spiro atoms. The minimum absolute atomic E-state index is 0.254. The molecule has 2 fully saturated rings. The highest BCUT2D eigenvalue weighted by Crippen LogP contribution is 2.35. The molecule has 44 heavy (non-hydrogen) atoms. The number of methoxy groups -OCH3 is 1. The van der Waals surface area contributed by atoms with Crippen molar-refractivity contribution >= 4 is 34.2 Å². The number of tetrazole rings is 1. The summed E-state index contributed by atoms with van der Waals surface area (Å²) in [6, 6.07) is 13.7. The topological polar surface area (TPSA) is 150 Å². The molecule has 14 nitrogen and oxygen atoms in total. The summed E-state index contributed by atoms with van der Waals surface area (Å²) in [6.45, 7) is 5.43. The molecule has 2 saturated heterocycles. The van der Waals surface area contributed by atoms with Gasteiger partial charge in [0.1, 0.15) is 5.75 Å². The zero-order chi connectivity index (χ0) is 30.0. The summed E-state index contributed by atoms with van der Waals surface area (Å²) in [4.78, 5) is 45.2. The lowest BCUT2D eigenvalue weighted by Gasteiger charge is -2.34. The Balaban J connectivity index is 1.10. The third-order valence-corrected chi connectivity index (χ3v) is 8.13. The number of Topliss-reactive ketones (excluding diaryl/α,β-unsaturated/α-hetero) is 1. The fourth-order valence-corrected chi connectivity index (χ4v) is 5.80. The quantitative estimate of drug-likeness (QED) is 0.209. The molecule has 2 N–H and O–H groups in total. The van der Waals surface area contributed by atoms with Crippen molar-refractivity contribution < 1.29 is 14.3 Å². The minimum Gasteiger partial charge on any atom is -0.494 e. The molecule has 0 bridgehead atoms. The van der Waals surface area contributed by atoms with Crippen LogP contribution in [0.15, 0.2) is 61.1 Å². The molecule has 0 atom stereocenters. The Kier molecular flexibility index (Phi) is 7.32. The van der Waals surface area contributed by atoms with Crippen LogP contribution in [0.3, 0.4) is 0 Å². The van der Waals surface area contributed by atoms with E-state index in [0.717, 1.165) is 37.4 Å². The summed E-state index contributed by atoms with van der Waals surface area (Å²) in [5.41, 5.74) is 3.62. The Hall–Kier alpha value is -5.37. The van der Waals surface area contributed by atoms with Gasteiger partial charge in [-0.15, -0.1) is 0 Å². The van der Waals surface area contributed by atoms with Gasteiger partial charge in [0.25, 0.3) is 17.6 Å². The number of rotatable bonds is 7. The maximum absolute atomic E-state index is 13.6. The van der Waals surface area contributed by atoms with E-state index in [9.17, 15) is 9.59 Å². The van der Waals surface area contributed by atoms with E-state index < -0.39 is 11.7 Å². The Bertz CT molecular complexity index is 1790. The van der Waals surface area contributed by atoms with Gasteiger partial charge in [-0.3, -0.25) is 14.6 Å². The van der Waals surface area contributed by atoms with E-state index in [1.54, 1.807) is 28.2 Å². The molecule has 0 radical (unpaired) electrons. The molecular formula is C30H31N11O3. The van der Waals surface area contributed by atoms with E-state index in [4.69, 9.17) is 4.74 Å². The van der Waals surface area contributed by atoms with Crippen molar-refractivity contribution in [2.75, 3.05) is 69.3 Å². The molecule has 5 aromatic rings. The van der Waals surface area contributed by atoms with Gasteiger partial charge >= 0.3 is 0 Å². The molecule has 7 rings (SSSR count). The number of aromatic amines is 1. The number of carbonyl (C=O) groups is 2. The predicted octanol–water partition coefficient (Wildman–Crippen LogP) is 1.55. The number of fused-ring (bicyclic) bond motifs is 1. The van der Waals surface area contributed by atoms with Crippen LogP contribution in [0.4, 0.5) is 11.6 Å². The van der Waals surface area contributed by atoms with Crippen LogP contribution in [0.5, 0.6) is 5.75 Å². The van der Waals surface area contributed by atoms with Crippen molar-refractivity contribution in [3.05, 3.63) is 66.6 Å². The molecule has 1 aromatic carbocycles. The van der Waals surface area contributed by atoms with E-state index in [0.29, 0.717) is 60.3 Å². The Labute approximate surface area is 252 Å². The van der Waals surface area contributed by atoms with Crippen LogP contribution in [0.25, 0.3) is 28.0 Å². The highest BCUT2D eigenvalue weighted by atomic mass is 16.5. The number of pyridine rings is 2. The second-order valence-electron chi connectivity index (χ2n) is 10.6. The molecule has 1 amide bonds. The number of benzene rings is 1. The van der Waals surface area contributed by atoms with Crippen LogP contribution >= 0.6 is 0 Å². The second kappa shape index (κ2) is 11.7. The van der Waals surface area contributed by atoms with E-state index in [-0.39, 0.29) is 5.56 Å². The second-order valence-corrected chi connectivity index (χ2v) is 10.6. The zero-order valence-electron chi connectivity index (χ0n) is 24.2. The van der Waals surface area contributed by atoms with Crippen LogP contribution < -0.4 is 19.9 Å². The van der Waals surface area contributed by atoms with Gasteiger partial charge in [0.2, 0.25) is 0 Å². The number of H-pyrrole nitrogens is 1. The molecule has 6 heterocycles. The van der Waals surface area contributed by atoms with Crippen LogP contribution in [0.1, 0.15) is 10.4 Å². The number of amides is 1. The Morgan fingerprint density at radius 3 is 2.43 bits per heavy atom. The fraction of sp³-hybridized carbons (Fsp3) is 0.300. The van der Waals surface area contributed by atoms with Crippen LogP contribution in [-0.4, -0.2) is 111 Å². The third kappa shape index (κ3) is 4.98. The van der Waals surface area contributed by atoms with E-state index in [1.807, 2.05) is 35.2 Å². The number of piperazine rings is 2. The molecule has 0 aliphatic carbocycles. The van der Waals surface area contributed by atoms with Crippen molar-refractivity contribution in [3.63, 3.8) is 0 Å². The summed E-state index contributed by atoms with van der Waals surface area (Å²) in [7, 11) is 1.53. The van der Waals surface area contributed by atoms with Crippen molar-refractivity contribution in [2.24, 2.45) is 0 Å². The average molecular weight is 594 g/mol. The van der Waals surface area contributed by atoms with Crippen molar-refractivity contribution in [1.82, 2.24) is 45.4 Å². The fourth-order valence-electron chi connectivity index (χ4n) is 5.80. The zero-order valence-corrected chi connectivity index (χ0v) is 24.2. The molecule has 0 unspecified atom stereocenters. The molecule has 224 valence electrons. The number of ether oxygens (including phenoxy) is 1. The average Bonchev–Trinajstić information content (AvgIpc) is 3.77. The van der Waals surface area contributed by atoms with Crippen molar-refractivity contribution in [1.29, 1.82) is 0 Å². The lowest BCUT2D eigenvalue weighted by atomic mass is 10.0. The number of hydrogen-bond acceptors (Lipinski definition) is 11. The molecule has 4 aromatic heterocycles. The van der Waals surface area contributed by atoms with E-state index in [2.05, 4.69) is 52.8 Å². The number of aromatic nitrogens is 7. The van der Waals surface area contributed by atoms with Gasteiger partial charge in [0.05, 0.1) is 35.5 Å². The van der Waals surface area contributed by atoms with Crippen molar-refractivity contribution in [2.45, 2.75) is 0 Å². The summed E-state index contributed by atoms with van der Waals surface area (Å²) >= 11 is 0. The Morgan fingerprint density at radius 2 is 1.70 bits per heavy atom. The van der Waals surface area contributed by atoms with Gasteiger partial charge in [0, 0.05) is 76.0 Å². The van der Waals surface area contributed by atoms with E-state index >= 15 is 0 Å². The highest BCUT2D eigenvalue weighted by molar-refractivity contribution is 6.45. The number of carbonyl (C=O) groups excluding carboxylic acids is 2. The van der Waals surface area contributed by atoms with Crippen molar-refractivity contribution in [3.8, 4) is 22.8 Å². The molecule has 2 aliphatic rings. The largest absolute Gasteiger partial charge is 0.494 e. The van der Waals surface area contributed by atoms with Gasteiger partial charge < -0.3 is 29.7 Å². The molecule has 14 heteroatoms. The summed E-state index contributed by atoms with van der Waals surface area (Å²) < 4.78 is 7.15. The highest BCUT2D eigenvalue weighted by Gasteiger charge is 2.31. The normalized spacial score (nSPS) is 15.5. The molecule has 2 aliphatic heterocycles. The first kappa shape index (κ1) is 27.5. The first-order valence-electron chi connectivity index (χ1n) is 14.5. The van der Waals surface area contributed by atoms with Crippen LogP contribution in [0, 0.1) is 0 Å².